The van der Waals surface area contributed by atoms with E-state index in [1.165, 1.54) is 7.11 Å². The molecule has 0 spiro atoms. The number of methoxy groups -OCH3 is 1. The van der Waals surface area contributed by atoms with Crippen LogP contribution < -0.4 is 9.47 Å². The van der Waals surface area contributed by atoms with E-state index in [9.17, 15) is 9.59 Å². The summed E-state index contributed by atoms with van der Waals surface area (Å²) < 4.78 is 16.3. The smallest absolute Gasteiger partial charge is 0.363 e. The van der Waals surface area contributed by atoms with Crippen LogP contribution in [-0.2, 0) is 9.53 Å². The fraction of sp³-hybridized carbons (Fsp3) is 0.115. The molecule has 1 heterocycles. The molecule has 0 N–H and O–H groups in total. The van der Waals surface area contributed by atoms with Gasteiger partial charge in [0.05, 0.1) is 12.7 Å². The van der Waals surface area contributed by atoms with Crippen LogP contribution in [-0.4, -0.2) is 24.9 Å². The van der Waals surface area contributed by atoms with Gasteiger partial charge in [-0.1, -0.05) is 42.5 Å². The number of nitrogens with zero attached hydrogens (tertiary/aromatic N) is 1. The fourth-order valence-electron chi connectivity index (χ4n) is 3.31. The van der Waals surface area contributed by atoms with Crippen molar-refractivity contribution < 1.29 is 23.8 Å². The molecule has 3 aromatic carbocycles. The number of hydrogen-bond donors (Lipinski definition) is 0. The largest absolute Gasteiger partial charge is 0.493 e. The van der Waals surface area contributed by atoms with Crippen LogP contribution in [0.25, 0.3) is 6.08 Å². The number of aliphatic imine (C=N–C) groups is 1. The zero-order valence-corrected chi connectivity index (χ0v) is 17.9. The van der Waals surface area contributed by atoms with Crippen LogP contribution >= 0.6 is 0 Å². The lowest BCUT2D eigenvalue weighted by Crippen LogP contribution is -2.10. The van der Waals surface area contributed by atoms with Crippen molar-refractivity contribution in [1.29, 1.82) is 0 Å². The second-order valence-electron chi connectivity index (χ2n) is 7.27. The topological polar surface area (TPSA) is 74.2 Å². The van der Waals surface area contributed by atoms with E-state index < -0.39 is 11.9 Å². The van der Waals surface area contributed by atoms with E-state index in [1.54, 1.807) is 36.4 Å². The number of carbonyl (C=O) groups excluding carboxylic acids is 2. The highest BCUT2D eigenvalue weighted by atomic mass is 16.6. The van der Waals surface area contributed by atoms with Crippen molar-refractivity contribution >= 4 is 23.9 Å². The number of rotatable bonds is 5. The van der Waals surface area contributed by atoms with Crippen molar-refractivity contribution in [3.63, 3.8) is 0 Å². The Balaban J connectivity index is 1.60. The molecule has 32 heavy (non-hydrogen) atoms. The van der Waals surface area contributed by atoms with Gasteiger partial charge in [0, 0.05) is 5.56 Å². The Morgan fingerprint density at radius 1 is 0.938 bits per heavy atom. The van der Waals surface area contributed by atoms with Gasteiger partial charge in [-0.2, -0.15) is 0 Å². The lowest BCUT2D eigenvalue weighted by Gasteiger charge is -2.11. The molecule has 4 rings (SSSR count). The number of aryl methyl sites for hydroxylation is 2. The van der Waals surface area contributed by atoms with Gasteiger partial charge in [0.25, 0.3) is 0 Å². The molecule has 0 aromatic heterocycles. The van der Waals surface area contributed by atoms with Crippen LogP contribution in [0.5, 0.6) is 11.5 Å². The summed E-state index contributed by atoms with van der Waals surface area (Å²) in [6.45, 7) is 3.77. The summed E-state index contributed by atoms with van der Waals surface area (Å²) in [6, 6.07) is 19.7. The number of ether oxygens (including phenoxy) is 3. The molecule has 0 saturated carbocycles. The SMILES string of the molecule is COc1cc(/C=C2\N=C(c3ccccc3C)OC2=O)ccc1OC(=O)c1ccccc1C. The molecular weight excluding hydrogens is 406 g/mol. The first-order valence-corrected chi connectivity index (χ1v) is 10.0. The minimum absolute atomic E-state index is 0.176. The van der Waals surface area contributed by atoms with Crippen LogP contribution in [0.15, 0.2) is 77.4 Å². The molecular formula is C26H21NO5. The van der Waals surface area contributed by atoms with Crippen LogP contribution in [0.1, 0.15) is 32.6 Å². The van der Waals surface area contributed by atoms with E-state index in [0.717, 1.165) is 16.7 Å². The highest BCUT2D eigenvalue weighted by molar-refractivity contribution is 6.13. The maximum atomic E-state index is 12.5. The minimum atomic E-state index is -0.530. The molecule has 160 valence electrons. The van der Waals surface area contributed by atoms with Crippen molar-refractivity contribution in [2.75, 3.05) is 7.11 Å². The molecule has 0 amide bonds. The Bertz CT molecular complexity index is 1270. The molecule has 0 saturated heterocycles. The van der Waals surface area contributed by atoms with Gasteiger partial charge < -0.3 is 14.2 Å². The standard InChI is InChI=1S/C26H21NO5/c1-16-8-4-6-10-19(16)24-27-21(26(29)32-24)14-18-12-13-22(23(15-18)30-3)31-25(28)20-11-7-5-9-17(20)2/h4-15H,1-3H3/b21-14-. The van der Waals surface area contributed by atoms with Crippen molar-refractivity contribution in [1.82, 2.24) is 0 Å². The summed E-state index contributed by atoms with van der Waals surface area (Å²) in [4.78, 5) is 29.2. The molecule has 0 fully saturated rings. The number of benzene rings is 3. The van der Waals surface area contributed by atoms with Gasteiger partial charge in [0.15, 0.2) is 17.2 Å². The Kier molecular flexibility index (Phi) is 5.85. The molecule has 1 aliphatic rings. The van der Waals surface area contributed by atoms with Gasteiger partial charge in [0.1, 0.15) is 0 Å². The first-order valence-electron chi connectivity index (χ1n) is 10.0. The maximum absolute atomic E-state index is 12.5. The highest BCUT2D eigenvalue weighted by Gasteiger charge is 2.25. The van der Waals surface area contributed by atoms with Crippen molar-refractivity contribution in [2.24, 2.45) is 4.99 Å². The molecule has 1 aliphatic heterocycles. The number of hydrogen-bond acceptors (Lipinski definition) is 6. The first kappa shape index (κ1) is 21.1. The van der Waals surface area contributed by atoms with Crippen molar-refractivity contribution in [2.45, 2.75) is 13.8 Å². The maximum Gasteiger partial charge on any atom is 0.363 e. The zero-order valence-electron chi connectivity index (χ0n) is 17.9. The monoisotopic (exact) mass is 427 g/mol. The van der Waals surface area contributed by atoms with Crippen molar-refractivity contribution in [3.8, 4) is 11.5 Å². The Labute approximate surface area is 185 Å². The molecule has 0 atom stereocenters. The van der Waals surface area contributed by atoms with Crippen LogP contribution in [0.4, 0.5) is 0 Å². The first-order chi connectivity index (χ1) is 15.5. The van der Waals surface area contributed by atoms with Crippen LogP contribution in [0.3, 0.4) is 0 Å². The van der Waals surface area contributed by atoms with Gasteiger partial charge in [-0.3, -0.25) is 0 Å². The molecule has 3 aromatic rings. The molecule has 6 nitrogen and oxygen atoms in total. The summed E-state index contributed by atoms with van der Waals surface area (Å²) in [7, 11) is 1.48. The van der Waals surface area contributed by atoms with E-state index in [0.29, 0.717) is 16.9 Å². The van der Waals surface area contributed by atoms with E-state index in [-0.39, 0.29) is 17.3 Å². The van der Waals surface area contributed by atoms with Gasteiger partial charge in [0.2, 0.25) is 5.90 Å². The van der Waals surface area contributed by atoms with E-state index in [4.69, 9.17) is 14.2 Å². The molecule has 0 aliphatic carbocycles. The van der Waals surface area contributed by atoms with Gasteiger partial charge in [-0.25, -0.2) is 14.6 Å². The Hall–Kier alpha value is -4.19. The normalized spacial score (nSPS) is 14.2. The molecule has 0 unspecified atom stereocenters. The predicted molar refractivity (Wildman–Crippen MR) is 121 cm³/mol. The third-order valence-electron chi connectivity index (χ3n) is 5.05. The van der Waals surface area contributed by atoms with Crippen LogP contribution in [0, 0.1) is 13.8 Å². The average Bonchev–Trinajstić information content (AvgIpc) is 3.15. The number of cyclic esters (lactones) is 1. The molecule has 0 radical (unpaired) electrons. The third-order valence-corrected chi connectivity index (χ3v) is 5.05. The number of esters is 2. The molecule has 6 heteroatoms. The quantitative estimate of drug-likeness (QED) is 0.330. The van der Waals surface area contributed by atoms with Crippen molar-refractivity contribution in [3.05, 3.63) is 100 Å². The summed E-state index contributed by atoms with van der Waals surface area (Å²) >= 11 is 0. The van der Waals surface area contributed by atoms with E-state index >= 15 is 0 Å². The second kappa shape index (κ2) is 8.89. The van der Waals surface area contributed by atoms with Gasteiger partial charge in [-0.15, -0.1) is 0 Å². The summed E-state index contributed by atoms with van der Waals surface area (Å²) in [5, 5.41) is 0. The second-order valence-corrected chi connectivity index (χ2v) is 7.27. The van der Waals surface area contributed by atoms with Gasteiger partial charge in [-0.05, 0) is 60.9 Å². The number of carbonyl (C=O) groups is 2. The summed E-state index contributed by atoms with van der Waals surface area (Å²) in [5.74, 6) is -0.0940. The zero-order chi connectivity index (χ0) is 22.7. The average molecular weight is 427 g/mol. The predicted octanol–water partition coefficient (Wildman–Crippen LogP) is 4.88. The fourth-order valence-corrected chi connectivity index (χ4v) is 3.31. The molecule has 0 bridgehead atoms. The lowest BCUT2D eigenvalue weighted by atomic mass is 10.1. The summed E-state index contributed by atoms with van der Waals surface area (Å²) in [5.41, 5.74) is 3.85. The highest BCUT2D eigenvalue weighted by Crippen LogP contribution is 2.31. The summed E-state index contributed by atoms with van der Waals surface area (Å²) in [6.07, 6.45) is 1.60. The van der Waals surface area contributed by atoms with Gasteiger partial charge >= 0.3 is 11.9 Å². The third kappa shape index (κ3) is 4.30. The Morgan fingerprint density at radius 2 is 1.66 bits per heavy atom. The minimum Gasteiger partial charge on any atom is -0.493 e. The van der Waals surface area contributed by atoms with E-state index in [2.05, 4.69) is 4.99 Å². The van der Waals surface area contributed by atoms with E-state index in [1.807, 2.05) is 50.2 Å². The lowest BCUT2D eigenvalue weighted by molar-refractivity contribution is -0.129. The Morgan fingerprint density at radius 3 is 2.38 bits per heavy atom. The van der Waals surface area contributed by atoms with Crippen LogP contribution in [0.2, 0.25) is 0 Å².